The topological polar surface area (TPSA) is 98.6 Å². The van der Waals surface area contributed by atoms with E-state index < -0.39 is 10.0 Å². The van der Waals surface area contributed by atoms with Crippen LogP contribution < -0.4 is 15.8 Å². The summed E-state index contributed by atoms with van der Waals surface area (Å²) in [4.78, 5) is 2.02. The molecule has 0 aromatic heterocycles. The molecule has 1 aliphatic rings. The van der Waals surface area contributed by atoms with Crippen molar-refractivity contribution in [3.8, 4) is 0 Å². The number of methoxy groups -OCH3 is 1. The van der Waals surface area contributed by atoms with E-state index in [-0.39, 0.29) is 16.2 Å². The Morgan fingerprint density at radius 3 is 2.70 bits per heavy atom. The third-order valence-corrected chi connectivity index (χ3v) is 4.81. The SMILES string of the molecule is COC1(C)CCCN(c2cccc(S(N)(=O)=O)c2N)C1. The summed E-state index contributed by atoms with van der Waals surface area (Å²) in [5, 5.41) is 5.18. The summed E-state index contributed by atoms with van der Waals surface area (Å²) in [7, 11) is -2.12. The van der Waals surface area contributed by atoms with Crippen LogP contribution in [0.25, 0.3) is 0 Å². The van der Waals surface area contributed by atoms with E-state index in [2.05, 4.69) is 4.90 Å². The fourth-order valence-electron chi connectivity index (χ4n) is 2.63. The second-order valence-corrected chi connectivity index (χ2v) is 6.94. The monoisotopic (exact) mass is 299 g/mol. The minimum absolute atomic E-state index is 0.0281. The summed E-state index contributed by atoms with van der Waals surface area (Å²) >= 11 is 0. The molecule has 1 fully saturated rings. The number of hydrogen-bond donors (Lipinski definition) is 2. The summed E-state index contributed by atoms with van der Waals surface area (Å²) in [5.41, 5.74) is 6.64. The molecule has 0 spiro atoms. The summed E-state index contributed by atoms with van der Waals surface area (Å²) in [6.45, 7) is 3.53. The number of anilines is 2. The molecule has 0 aliphatic carbocycles. The molecule has 7 heteroatoms. The van der Waals surface area contributed by atoms with Crippen LogP contribution in [0.15, 0.2) is 23.1 Å². The Morgan fingerprint density at radius 2 is 2.10 bits per heavy atom. The fourth-order valence-corrected chi connectivity index (χ4v) is 3.31. The minimum atomic E-state index is -3.81. The van der Waals surface area contributed by atoms with Gasteiger partial charge in [0.05, 0.1) is 17.0 Å². The van der Waals surface area contributed by atoms with Gasteiger partial charge in [0.15, 0.2) is 0 Å². The molecule has 112 valence electrons. The molecular weight excluding hydrogens is 278 g/mol. The number of sulfonamides is 1. The predicted molar refractivity (Wildman–Crippen MR) is 79.1 cm³/mol. The first-order chi connectivity index (χ1) is 9.27. The molecule has 1 saturated heterocycles. The number of hydrogen-bond acceptors (Lipinski definition) is 5. The molecule has 1 heterocycles. The van der Waals surface area contributed by atoms with Crippen LogP contribution in [-0.4, -0.2) is 34.2 Å². The van der Waals surface area contributed by atoms with Crippen LogP contribution in [0.4, 0.5) is 11.4 Å². The molecule has 0 bridgehead atoms. The standard InChI is InChI=1S/C13H21N3O3S/c1-13(19-2)7-4-8-16(9-13)10-5-3-6-11(12(10)14)20(15,17)18/h3,5-6H,4,7-9,14H2,1-2H3,(H2,15,17,18). The molecular formula is C13H21N3O3S. The number of para-hydroxylation sites is 1. The molecule has 4 N–H and O–H groups in total. The normalized spacial score (nSPS) is 23.9. The van der Waals surface area contributed by atoms with E-state index in [0.29, 0.717) is 12.2 Å². The highest BCUT2D eigenvalue weighted by Gasteiger charge is 2.32. The third kappa shape index (κ3) is 2.89. The van der Waals surface area contributed by atoms with E-state index in [4.69, 9.17) is 15.6 Å². The Bertz CT molecular complexity index is 603. The highest BCUT2D eigenvalue weighted by atomic mass is 32.2. The molecule has 2 rings (SSSR count). The van der Waals surface area contributed by atoms with Crippen LogP contribution >= 0.6 is 0 Å². The number of piperidine rings is 1. The minimum Gasteiger partial charge on any atom is -0.396 e. The van der Waals surface area contributed by atoms with Gasteiger partial charge in [-0.1, -0.05) is 6.07 Å². The second kappa shape index (κ2) is 5.23. The molecule has 1 aromatic rings. The largest absolute Gasteiger partial charge is 0.396 e. The quantitative estimate of drug-likeness (QED) is 0.809. The van der Waals surface area contributed by atoms with Crippen LogP contribution in [0, 0.1) is 0 Å². The highest BCUT2D eigenvalue weighted by molar-refractivity contribution is 7.89. The van der Waals surface area contributed by atoms with Gasteiger partial charge in [0, 0.05) is 20.2 Å². The van der Waals surface area contributed by atoms with Crippen molar-refractivity contribution in [2.45, 2.75) is 30.3 Å². The van der Waals surface area contributed by atoms with Crippen molar-refractivity contribution < 1.29 is 13.2 Å². The van der Waals surface area contributed by atoms with E-state index >= 15 is 0 Å². The molecule has 0 amide bonds. The van der Waals surface area contributed by atoms with Crippen molar-refractivity contribution in [3.05, 3.63) is 18.2 Å². The Labute approximate surface area is 119 Å². The number of nitrogens with two attached hydrogens (primary N) is 2. The van der Waals surface area contributed by atoms with Gasteiger partial charge in [0.2, 0.25) is 10.0 Å². The molecule has 0 radical (unpaired) electrons. The number of nitrogen functional groups attached to an aromatic ring is 1. The first-order valence-electron chi connectivity index (χ1n) is 6.48. The van der Waals surface area contributed by atoms with Crippen molar-refractivity contribution in [2.24, 2.45) is 5.14 Å². The predicted octanol–water partition coefficient (Wildman–Crippen LogP) is 0.922. The average Bonchev–Trinajstić information content (AvgIpc) is 2.37. The van der Waals surface area contributed by atoms with E-state index in [9.17, 15) is 8.42 Å². The lowest BCUT2D eigenvalue weighted by molar-refractivity contribution is -0.00462. The maximum Gasteiger partial charge on any atom is 0.240 e. The van der Waals surface area contributed by atoms with E-state index in [1.165, 1.54) is 6.07 Å². The summed E-state index contributed by atoms with van der Waals surface area (Å²) < 4.78 is 28.6. The average molecular weight is 299 g/mol. The zero-order valence-corrected chi connectivity index (χ0v) is 12.6. The van der Waals surface area contributed by atoms with Crippen LogP contribution in [0.5, 0.6) is 0 Å². The number of ether oxygens (including phenoxy) is 1. The lowest BCUT2D eigenvalue weighted by Crippen LogP contribution is -2.47. The zero-order valence-electron chi connectivity index (χ0n) is 11.8. The van der Waals surface area contributed by atoms with Gasteiger partial charge in [-0.15, -0.1) is 0 Å². The van der Waals surface area contributed by atoms with Crippen LogP contribution in [0.3, 0.4) is 0 Å². The van der Waals surface area contributed by atoms with Gasteiger partial charge < -0.3 is 15.4 Å². The molecule has 20 heavy (non-hydrogen) atoms. The second-order valence-electron chi connectivity index (χ2n) is 5.41. The van der Waals surface area contributed by atoms with Crippen molar-refractivity contribution in [2.75, 3.05) is 30.8 Å². The molecule has 1 aliphatic heterocycles. The smallest absolute Gasteiger partial charge is 0.240 e. The van der Waals surface area contributed by atoms with Gasteiger partial charge in [-0.2, -0.15) is 0 Å². The van der Waals surface area contributed by atoms with E-state index in [1.807, 2.05) is 13.0 Å². The van der Waals surface area contributed by atoms with E-state index in [1.54, 1.807) is 13.2 Å². The van der Waals surface area contributed by atoms with Gasteiger partial charge in [-0.25, -0.2) is 13.6 Å². The van der Waals surface area contributed by atoms with Crippen molar-refractivity contribution in [3.63, 3.8) is 0 Å². The van der Waals surface area contributed by atoms with Crippen molar-refractivity contribution >= 4 is 21.4 Å². The van der Waals surface area contributed by atoms with Gasteiger partial charge in [0.25, 0.3) is 0 Å². The number of benzene rings is 1. The van der Waals surface area contributed by atoms with Gasteiger partial charge in [-0.3, -0.25) is 0 Å². The summed E-state index contributed by atoms with van der Waals surface area (Å²) in [5.74, 6) is 0. The molecule has 0 saturated carbocycles. The molecule has 1 unspecified atom stereocenters. The number of rotatable bonds is 3. The first-order valence-corrected chi connectivity index (χ1v) is 8.03. The Hall–Kier alpha value is -1.31. The van der Waals surface area contributed by atoms with Crippen molar-refractivity contribution in [1.29, 1.82) is 0 Å². The Kier molecular flexibility index (Phi) is 3.95. The zero-order chi connectivity index (χ0) is 15.0. The lowest BCUT2D eigenvalue weighted by Gasteiger charge is -2.41. The van der Waals surface area contributed by atoms with Crippen LogP contribution in [0.2, 0.25) is 0 Å². The molecule has 6 nitrogen and oxygen atoms in total. The first kappa shape index (κ1) is 15.1. The summed E-state index contributed by atoms with van der Waals surface area (Å²) in [6, 6.07) is 4.89. The molecule has 1 atom stereocenters. The fraction of sp³-hybridized carbons (Fsp3) is 0.538. The molecule has 1 aromatic carbocycles. The number of nitrogens with zero attached hydrogens (tertiary/aromatic N) is 1. The maximum atomic E-state index is 11.5. The van der Waals surface area contributed by atoms with Gasteiger partial charge in [-0.05, 0) is 31.9 Å². The highest BCUT2D eigenvalue weighted by Crippen LogP contribution is 2.34. The van der Waals surface area contributed by atoms with Gasteiger partial charge in [0.1, 0.15) is 4.90 Å². The Morgan fingerprint density at radius 1 is 1.40 bits per heavy atom. The van der Waals surface area contributed by atoms with Crippen LogP contribution in [-0.2, 0) is 14.8 Å². The number of primary sulfonamides is 1. The van der Waals surface area contributed by atoms with Crippen molar-refractivity contribution in [1.82, 2.24) is 0 Å². The summed E-state index contributed by atoms with van der Waals surface area (Å²) in [6.07, 6.45) is 1.93. The van der Waals surface area contributed by atoms with Crippen LogP contribution in [0.1, 0.15) is 19.8 Å². The third-order valence-electron chi connectivity index (χ3n) is 3.84. The van der Waals surface area contributed by atoms with E-state index in [0.717, 1.165) is 19.4 Å². The lowest BCUT2D eigenvalue weighted by atomic mass is 9.94. The Balaban J connectivity index is 2.39. The van der Waals surface area contributed by atoms with Gasteiger partial charge >= 0.3 is 0 Å². The maximum absolute atomic E-state index is 11.5.